The first-order valence-electron chi connectivity index (χ1n) is 7.56. The molecule has 22 heavy (non-hydrogen) atoms. The maximum absolute atomic E-state index is 12.3. The Morgan fingerprint density at radius 1 is 1.36 bits per heavy atom. The van der Waals surface area contributed by atoms with Crippen LogP contribution in [0.2, 0.25) is 0 Å². The highest BCUT2D eigenvalue weighted by Crippen LogP contribution is 2.45. The maximum Gasteiger partial charge on any atom is 0.355 e. The fourth-order valence-electron chi connectivity index (χ4n) is 3.16. The molecule has 116 valence electrons. The van der Waals surface area contributed by atoms with E-state index in [9.17, 15) is 9.59 Å². The van der Waals surface area contributed by atoms with Crippen molar-refractivity contribution in [3.05, 3.63) is 45.2 Å². The molecule has 2 unspecified atom stereocenters. The van der Waals surface area contributed by atoms with Gasteiger partial charge in [0.05, 0.1) is 18.6 Å². The van der Waals surface area contributed by atoms with E-state index >= 15 is 0 Å². The second-order valence-corrected chi connectivity index (χ2v) is 6.92. The molecule has 1 aromatic rings. The number of carbonyl (C=O) groups is 2. The number of hydrogen-bond donors (Lipinski definition) is 0. The van der Waals surface area contributed by atoms with Crippen LogP contribution in [0.5, 0.6) is 0 Å². The topological polar surface area (TPSA) is 46.6 Å². The molecule has 2 aliphatic rings. The van der Waals surface area contributed by atoms with Crippen molar-refractivity contribution >= 4 is 34.5 Å². The van der Waals surface area contributed by atoms with Crippen LogP contribution in [-0.2, 0) is 20.7 Å². The predicted molar refractivity (Wildman–Crippen MR) is 91.2 cm³/mol. The Bertz CT molecular complexity index is 626. The molecule has 4 nitrogen and oxygen atoms in total. The van der Waals surface area contributed by atoms with Crippen LogP contribution in [0, 0.1) is 5.92 Å². The molecule has 1 fully saturated rings. The summed E-state index contributed by atoms with van der Waals surface area (Å²) in [5, 5.41) is 0. The second kappa shape index (κ2) is 6.40. The Balaban J connectivity index is 1.59. The molecular formula is C17H18INO3. The first kappa shape index (κ1) is 15.5. The Morgan fingerprint density at radius 2 is 2.09 bits per heavy atom. The minimum Gasteiger partial charge on any atom is -0.461 e. The summed E-state index contributed by atoms with van der Waals surface area (Å²) in [5.41, 5.74) is 1.60. The summed E-state index contributed by atoms with van der Waals surface area (Å²) in [5.74, 6) is -0.237. The van der Waals surface area contributed by atoms with E-state index in [1.54, 1.807) is 4.90 Å². The van der Waals surface area contributed by atoms with E-state index in [0.717, 1.165) is 22.0 Å². The standard InChI is InChI=1S/C17H18INO3/c1-2-12-14-10-13(18)15(19(14)16(12)20)17(21)22-9-8-11-6-4-3-5-7-11/h3-7,12,14H,2,8-10H2,1H3. The van der Waals surface area contributed by atoms with Gasteiger partial charge >= 0.3 is 5.97 Å². The summed E-state index contributed by atoms with van der Waals surface area (Å²) in [6.07, 6.45) is 2.31. The van der Waals surface area contributed by atoms with Gasteiger partial charge in [-0.25, -0.2) is 4.79 Å². The molecule has 2 atom stereocenters. The normalized spacial score (nSPS) is 23.4. The lowest BCUT2D eigenvalue weighted by molar-refractivity contribution is -0.156. The number of fused-ring (bicyclic) bond motifs is 1. The lowest BCUT2D eigenvalue weighted by atomic mass is 9.85. The Labute approximate surface area is 143 Å². The van der Waals surface area contributed by atoms with Gasteiger partial charge < -0.3 is 9.64 Å². The summed E-state index contributed by atoms with van der Waals surface area (Å²) >= 11 is 2.16. The largest absolute Gasteiger partial charge is 0.461 e. The van der Waals surface area contributed by atoms with Gasteiger partial charge in [-0.3, -0.25) is 4.79 Å². The number of halogens is 1. The number of carbonyl (C=O) groups excluding carboxylic acids is 2. The molecule has 1 aromatic carbocycles. The summed E-state index contributed by atoms with van der Waals surface area (Å²) in [4.78, 5) is 26.0. The molecule has 0 aromatic heterocycles. The summed E-state index contributed by atoms with van der Waals surface area (Å²) in [7, 11) is 0. The van der Waals surface area contributed by atoms with Crippen molar-refractivity contribution in [1.82, 2.24) is 4.90 Å². The molecule has 0 radical (unpaired) electrons. The molecule has 1 amide bonds. The fourth-order valence-corrected chi connectivity index (χ4v) is 4.09. The van der Waals surface area contributed by atoms with Crippen LogP contribution in [0.15, 0.2) is 39.6 Å². The van der Waals surface area contributed by atoms with Crippen LogP contribution >= 0.6 is 22.6 Å². The second-order valence-electron chi connectivity index (χ2n) is 5.62. The third-order valence-corrected chi connectivity index (χ3v) is 5.29. The van der Waals surface area contributed by atoms with E-state index in [-0.39, 0.29) is 23.8 Å². The number of benzene rings is 1. The molecule has 3 rings (SSSR count). The first-order chi connectivity index (χ1) is 10.6. The predicted octanol–water partition coefficient (Wildman–Crippen LogP) is 3.06. The highest BCUT2D eigenvalue weighted by atomic mass is 127. The summed E-state index contributed by atoms with van der Waals surface area (Å²) in [6, 6.07) is 10.1. The van der Waals surface area contributed by atoms with Crippen LogP contribution in [0.3, 0.4) is 0 Å². The third kappa shape index (κ3) is 2.66. The molecule has 2 heterocycles. The lowest BCUT2D eigenvalue weighted by Gasteiger charge is -2.43. The van der Waals surface area contributed by atoms with Gasteiger partial charge in [0.15, 0.2) is 0 Å². The minimum atomic E-state index is -0.370. The molecule has 0 bridgehead atoms. The zero-order chi connectivity index (χ0) is 15.7. The van der Waals surface area contributed by atoms with E-state index < -0.39 is 0 Å². The molecular weight excluding hydrogens is 393 g/mol. The molecule has 0 aliphatic carbocycles. The zero-order valence-corrected chi connectivity index (χ0v) is 14.6. The number of esters is 1. The average Bonchev–Trinajstić information content (AvgIpc) is 2.82. The zero-order valence-electron chi connectivity index (χ0n) is 12.4. The molecule has 5 heteroatoms. The highest BCUT2D eigenvalue weighted by molar-refractivity contribution is 14.1. The molecule has 1 saturated heterocycles. The number of rotatable bonds is 5. The van der Waals surface area contributed by atoms with Gasteiger partial charge in [0.25, 0.3) is 0 Å². The van der Waals surface area contributed by atoms with E-state index in [0.29, 0.717) is 18.7 Å². The molecule has 2 aliphatic heterocycles. The van der Waals surface area contributed by atoms with Crippen LogP contribution < -0.4 is 0 Å². The van der Waals surface area contributed by atoms with Crippen molar-refractivity contribution < 1.29 is 14.3 Å². The Morgan fingerprint density at radius 3 is 2.77 bits per heavy atom. The molecule has 0 saturated carbocycles. The maximum atomic E-state index is 12.3. The van der Waals surface area contributed by atoms with Crippen molar-refractivity contribution in [1.29, 1.82) is 0 Å². The van der Waals surface area contributed by atoms with Crippen LogP contribution in [0.4, 0.5) is 0 Å². The number of β-lactam (4-membered cyclic amide) rings is 1. The average molecular weight is 411 g/mol. The third-order valence-electron chi connectivity index (χ3n) is 4.34. The van der Waals surface area contributed by atoms with Crippen molar-refractivity contribution in [3.8, 4) is 0 Å². The van der Waals surface area contributed by atoms with Crippen molar-refractivity contribution in [2.45, 2.75) is 32.2 Å². The number of amides is 1. The van der Waals surface area contributed by atoms with Gasteiger partial charge in [-0.15, -0.1) is 0 Å². The van der Waals surface area contributed by atoms with Gasteiger partial charge in [0, 0.05) is 16.4 Å². The van der Waals surface area contributed by atoms with Gasteiger partial charge in [0.2, 0.25) is 5.91 Å². The van der Waals surface area contributed by atoms with Gasteiger partial charge in [0.1, 0.15) is 5.70 Å². The van der Waals surface area contributed by atoms with Crippen LogP contribution in [0.1, 0.15) is 25.3 Å². The lowest BCUT2D eigenvalue weighted by Crippen LogP contribution is -2.58. The van der Waals surface area contributed by atoms with E-state index in [2.05, 4.69) is 22.6 Å². The fraction of sp³-hybridized carbons (Fsp3) is 0.412. The smallest absolute Gasteiger partial charge is 0.355 e. The Kier molecular flexibility index (Phi) is 4.52. The monoisotopic (exact) mass is 411 g/mol. The van der Waals surface area contributed by atoms with Crippen LogP contribution in [-0.4, -0.2) is 29.4 Å². The van der Waals surface area contributed by atoms with Gasteiger partial charge in [-0.05, 0) is 34.6 Å². The Hall–Kier alpha value is -1.37. The molecule has 0 spiro atoms. The summed E-state index contributed by atoms with van der Waals surface area (Å²) < 4.78 is 6.32. The van der Waals surface area contributed by atoms with Gasteiger partial charge in [-0.2, -0.15) is 0 Å². The van der Waals surface area contributed by atoms with E-state index in [1.165, 1.54) is 0 Å². The quantitative estimate of drug-likeness (QED) is 0.425. The van der Waals surface area contributed by atoms with E-state index in [4.69, 9.17) is 4.74 Å². The highest BCUT2D eigenvalue weighted by Gasteiger charge is 2.53. The van der Waals surface area contributed by atoms with Gasteiger partial charge in [-0.1, -0.05) is 37.3 Å². The van der Waals surface area contributed by atoms with Crippen molar-refractivity contribution in [2.75, 3.05) is 6.61 Å². The number of hydrogen-bond acceptors (Lipinski definition) is 3. The van der Waals surface area contributed by atoms with Crippen molar-refractivity contribution in [2.24, 2.45) is 5.92 Å². The van der Waals surface area contributed by atoms with E-state index in [1.807, 2.05) is 37.3 Å². The first-order valence-corrected chi connectivity index (χ1v) is 8.64. The van der Waals surface area contributed by atoms with Crippen molar-refractivity contribution in [3.63, 3.8) is 0 Å². The number of nitrogens with zero attached hydrogens (tertiary/aromatic N) is 1. The minimum absolute atomic E-state index is 0.0641. The summed E-state index contributed by atoms with van der Waals surface area (Å²) in [6.45, 7) is 2.35. The van der Waals surface area contributed by atoms with Crippen LogP contribution in [0.25, 0.3) is 0 Å². The number of ether oxygens (including phenoxy) is 1. The molecule has 0 N–H and O–H groups in total. The SMILES string of the molecule is CCC1C(=O)N2C(C(=O)OCCc3ccccc3)=C(I)CC12.